The zero-order valence-electron chi connectivity index (χ0n) is 20.2. The topological polar surface area (TPSA) is 112 Å². The molecule has 0 spiro atoms. The molecular formula is C28H25FN6O2. The highest BCUT2D eigenvalue weighted by Gasteiger charge is 2.25. The van der Waals surface area contributed by atoms with Gasteiger partial charge in [-0.15, -0.1) is 0 Å². The molecule has 3 aromatic heterocycles. The molecule has 0 aliphatic heterocycles. The number of nitrogens with zero attached hydrogens (tertiary/aromatic N) is 5. The third-order valence-electron chi connectivity index (χ3n) is 6.79. The minimum absolute atomic E-state index is 0.0335. The van der Waals surface area contributed by atoms with Gasteiger partial charge in [-0.05, 0) is 53.5 Å². The average molecular weight is 497 g/mol. The van der Waals surface area contributed by atoms with Crippen molar-refractivity contribution in [3.63, 3.8) is 0 Å². The first-order valence-electron chi connectivity index (χ1n) is 12.1. The van der Waals surface area contributed by atoms with Gasteiger partial charge in [0.15, 0.2) is 0 Å². The molecule has 0 saturated heterocycles. The van der Waals surface area contributed by atoms with Gasteiger partial charge in [0, 0.05) is 43.1 Å². The van der Waals surface area contributed by atoms with Crippen LogP contribution >= 0.6 is 0 Å². The Morgan fingerprint density at radius 2 is 2.00 bits per heavy atom. The lowest BCUT2D eigenvalue weighted by Crippen LogP contribution is -2.20. The number of aliphatic hydroxyl groups excluding tert-OH is 1. The number of nitrogen functional groups attached to an aromatic ring is 1. The predicted molar refractivity (Wildman–Crippen MR) is 139 cm³/mol. The third kappa shape index (κ3) is 4.27. The monoisotopic (exact) mass is 496 g/mol. The average Bonchev–Trinajstić information content (AvgIpc) is 3.65. The fourth-order valence-electron chi connectivity index (χ4n) is 4.88. The third-order valence-corrected chi connectivity index (χ3v) is 6.79. The summed E-state index contributed by atoms with van der Waals surface area (Å²) < 4.78 is 18.2. The molecule has 1 saturated carbocycles. The largest absolute Gasteiger partial charge is 0.392 e. The molecule has 37 heavy (non-hydrogen) atoms. The maximum absolute atomic E-state index is 15.1. The minimum Gasteiger partial charge on any atom is -0.392 e. The number of halogens is 1. The molecule has 186 valence electrons. The summed E-state index contributed by atoms with van der Waals surface area (Å²) in [6, 6.07) is 12.0. The molecule has 1 aliphatic carbocycles. The van der Waals surface area contributed by atoms with Crippen molar-refractivity contribution in [2.24, 2.45) is 7.05 Å². The quantitative estimate of drug-likeness (QED) is 0.369. The van der Waals surface area contributed by atoms with E-state index in [2.05, 4.69) is 15.1 Å². The van der Waals surface area contributed by atoms with Gasteiger partial charge in [0.2, 0.25) is 0 Å². The maximum atomic E-state index is 15.1. The zero-order valence-corrected chi connectivity index (χ0v) is 20.2. The van der Waals surface area contributed by atoms with E-state index in [4.69, 9.17) is 5.73 Å². The molecule has 3 N–H and O–H groups in total. The van der Waals surface area contributed by atoms with Crippen molar-refractivity contribution in [2.75, 3.05) is 5.73 Å². The van der Waals surface area contributed by atoms with E-state index in [9.17, 15) is 9.90 Å². The Bertz CT molecular complexity index is 1720. The van der Waals surface area contributed by atoms with Gasteiger partial charge in [-0.3, -0.25) is 14.0 Å². The highest BCUT2D eigenvalue weighted by Crippen LogP contribution is 2.41. The van der Waals surface area contributed by atoms with Crippen LogP contribution in [0.3, 0.4) is 0 Å². The Morgan fingerprint density at radius 1 is 1.16 bits per heavy atom. The lowest BCUT2D eigenvalue weighted by Gasteiger charge is -2.16. The smallest absolute Gasteiger partial charge is 0.265 e. The molecule has 3 heterocycles. The molecule has 0 bridgehead atoms. The van der Waals surface area contributed by atoms with Crippen LogP contribution in [0.25, 0.3) is 27.7 Å². The van der Waals surface area contributed by atoms with Gasteiger partial charge in [-0.1, -0.05) is 18.2 Å². The van der Waals surface area contributed by atoms with Gasteiger partial charge in [0.1, 0.15) is 17.5 Å². The predicted octanol–water partition coefficient (Wildman–Crippen LogP) is 3.86. The van der Waals surface area contributed by atoms with Crippen LogP contribution in [-0.4, -0.2) is 29.4 Å². The number of pyridine rings is 1. The SMILES string of the molecule is Cn1cc(Cc2nc(N)cc(-c3cccc(-n4ccc5cc(C6CC6)cc(F)c5c4=O)c3CO)n2)cn1. The van der Waals surface area contributed by atoms with Gasteiger partial charge in [-0.25, -0.2) is 14.4 Å². The molecule has 0 radical (unpaired) electrons. The van der Waals surface area contributed by atoms with E-state index < -0.39 is 11.4 Å². The lowest BCUT2D eigenvalue weighted by molar-refractivity contribution is 0.282. The van der Waals surface area contributed by atoms with E-state index >= 15 is 4.39 Å². The van der Waals surface area contributed by atoms with Crippen LogP contribution in [0, 0.1) is 5.82 Å². The van der Waals surface area contributed by atoms with Gasteiger partial charge in [0.25, 0.3) is 5.56 Å². The molecule has 1 aliphatic rings. The molecule has 0 atom stereocenters. The van der Waals surface area contributed by atoms with Crippen LogP contribution in [-0.2, 0) is 20.1 Å². The van der Waals surface area contributed by atoms with E-state index in [1.165, 1.54) is 10.6 Å². The first-order valence-corrected chi connectivity index (χ1v) is 12.1. The Kier molecular flexibility index (Phi) is 5.57. The van der Waals surface area contributed by atoms with Crippen molar-refractivity contribution in [3.8, 4) is 16.9 Å². The van der Waals surface area contributed by atoms with E-state index in [0.29, 0.717) is 46.1 Å². The molecule has 1 fully saturated rings. The molecular weight excluding hydrogens is 471 g/mol. The number of aromatic nitrogens is 5. The number of hydrogen-bond acceptors (Lipinski definition) is 6. The summed E-state index contributed by atoms with van der Waals surface area (Å²) in [5.41, 5.74) is 9.55. The fourth-order valence-corrected chi connectivity index (χ4v) is 4.88. The second-order valence-electron chi connectivity index (χ2n) is 9.49. The standard InChI is InChI=1S/C28H25FN6O2/c1-34-14-16(13-31-34)9-26-32-23(12-25(30)33-26)20-3-2-4-24(21(20)15-36)35-8-7-18-10-19(17-5-6-17)11-22(29)27(18)28(35)37/h2-4,7-8,10-14,17,36H,5-6,9,15H2,1H3,(H2,30,32,33). The van der Waals surface area contributed by atoms with Crippen molar-refractivity contribution in [1.29, 1.82) is 0 Å². The Balaban J connectivity index is 1.46. The Morgan fingerprint density at radius 3 is 2.73 bits per heavy atom. The summed E-state index contributed by atoms with van der Waals surface area (Å²) in [6.07, 6.45) is 7.78. The summed E-state index contributed by atoms with van der Waals surface area (Å²) in [5.74, 6) is 0.648. The highest BCUT2D eigenvalue weighted by molar-refractivity contribution is 5.83. The summed E-state index contributed by atoms with van der Waals surface area (Å²) in [4.78, 5) is 22.5. The van der Waals surface area contributed by atoms with Crippen LogP contribution in [0.15, 0.2) is 65.8 Å². The number of nitrogens with two attached hydrogens (primary N) is 1. The van der Waals surface area contributed by atoms with Crippen molar-refractivity contribution in [1.82, 2.24) is 24.3 Å². The minimum atomic E-state index is -0.524. The Labute approximate surface area is 211 Å². The van der Waals surface area contributed by atoms with E-state index in [-0.39, 0.29) is 17.8 Å². The van der Waals surface area contributed by atoms with Crippen LogP contribution in [0.2, 0.25) is 0 Å². The van der Waals surface area contributed by atoms with Crippen LogP contribution < -0.4 is 11.3 Å². The first-order chi connectivity index (χ1) is 17.9. The lowest BCUT2D eigenvalue weighted by atomic mass is 10.0. The number of anilines is 1. The summed E-state index contributed by atoms with van der Waals surface area (Å²) in [6.45, 7) is -0.360. The summed E-state index contributed by atoms with van der Waals surface area (Å²) in [5, 5.41) is 15.2. The molecule has 2 aromatic carbocycles. The number of hydrogen-bond donors (Lipinski definition) is 2. The van der Waals surface area contributed by atoms with Gasteiger partial charge in [0.05, 0.1) is 29.6 Å². The molecule has 6 rings (SSSR count). The molecule has 8 nitrogen and oxygen atoms in total. The van der Waals surface area contributed by atoms with Crippen LogP contribution in [0.5, 0.6) is 0 Å². The van der Waals surface area contributed by atoms with Crippen LogP contribution in [0.4, 0.5) is 10.2 Å². The second kappa shape index (κ2) is 8.94. The number of rotatable bonds is 6. The van der Waals surface area contributed by atoms with E-state index in [0.717, 1.165) is 24.0 Å². The van der Waals surface area contributed by atoms with Crippen molar-refractivity contribution in [3.05, 3.63) is 99.7 Å². The van der Waals surface area contributed by atoms with Gasteiger partial charge >= 0.3 is 0 Å². The normalized spacial score (nSPS) is 13.4. The summed E-state index contributed by atoms with van der Waals surface area (Å²) in [7, 11) is 1.83. The number of benzene rings is 2. The van der Waals surface area contributed by atoms with Gasteiger partial charge < -0.3 is 10.8 Å². The zero-order chi connectivity index (χ0) is 25.7. The van der Waals surface area contributed by atoms with E-state index in [1.54, 1.807) is 47.4 Å². The number of aliphatic hydroxyl groups is 1. The molecule has 0 unspecified atom stereocenters. The first kappa shape index (κ1) is 23.1. The molecule has 0 amide bonds. The highest BCUT2D eigenvalue weighted by atomic mass is 19.1. The maximum Gasteiger partial charge on any atom is 0.265 e. The Hall–Kier alpha value is -4.37. The fraction of sp³-hybridized carbons (Fsp3) is 0.214. The van der Waals surface area contributed by atoms with E-state index in [1.807, 2.05) is 19.3 Å². The van der Waals surface area contributed by atoms with Gasteiger partial charge in [-0.2, -0.15) is 5.10 Å². The molecule has 9 heteroatoms. The van der Waals surface area contributed by atoms with Crippen molar-refractivity contribution in [2.45, 2.75) is 31.8 Å². The molecule has 5 aromatic rings. The second-order valence-corrected chi connectivity index (χ2v) is 9.49. The number of aryl methyl sites for hydroxylation is 1. The number of fused-ring (bicyclic) bond motifs is 1. The van der Waals surface area contributed by atoms with Crippen molar-refractivity contribution >= 4 is 16.6 Å². The van der Waals surface area contributed by atoms with Crippen molar-refractivity contribution < 1.29 is 9.50 Å². The summed E-state index contributed by atoms with van der Waals surface area (Å²) >= 11 is 0. The van der Waals surface area contributed by atoms with Crippen LogP contribution in [0.1, 0.15) is 41.3 Å².